The molecule has 109 valence electrons. The van der Waals surface area contributed by atoms with E-state index in [1.807, 2.05) is 13.8 Å². The van der Waals surface area contributed by atoms with Crippen LogP contribution in [0.4, 0.5) is 0 Å². The minimum Gasteiger partial charge on any atom is -0.513 e. The van der Waals surface area contributed by atoms with Crippen molar-refractivity contribution in [2.24, 2.45) is 9.98 Å². The van der Waals surface area contributed by atoms with Gasteiger partial charge in [-0.05, 0) is 39.8 Å². The summed E-state index contributed by atoms with van der Waals surface area (Å²) in [6.07, 6.45) is 3.21. The first-order chi connectivity index (χ1) is 7.41. The molecule has 18 heavy (non-hydrogen) atoms. The number of rotatable bonds is 5. The molecule has 0 aliphatic rings. The summed E-state index contributed by atoms with van der Waals surface area (Å²) in [5.41, 5.74) is 1.56. The molecule has 0 bridgehead atoms. The van der Waals surface area contributed by atoms with Gasteiger partial charge in [0, 0.05) is 28.5 Å². The normalized spacial score (nSPS) is 13.8. The monoisotopic (exact) mass is 306 g/mol. The van der Waals surface area contributed by atoms with Gasteiger partial charge in [0.05, 0.1) is 24.6 Å². The molecular weight excluding hydrogens is 284 g/mol. The summed E-state index contributed by atoms with van der Waals surface area (Å²) < 4.78 is 0. The summed E-state index contributed by atoms with van der Waals surface area (Å²) in [4.78, 5) is 8.41. The van der Waals surface area contributed by atoms with E-state index in [9.17, 15) is 0 Å². The maximum atomic E-state index is 8.98. The second kappa shape index (κ2) is 12.4. The Morgan fingerprint density at radius 2 is 1.11 bits per heavy atom. The molecule has 0 aliphatic carbocycles. The molecule has 0 heterocycles. The molecule has 0 aromatic rings. The first-order valence-electron chi connectivity index (χ1n) is 5.18. The van der Waals surface area contributed by atoms with Crippen LogP contribution in [0, 0.1) is 0 Å². The SMILES string of the molecule is CC(O)=CC(C)=NCCN=C(C)C=C(C)O.[Cu].[OH3+]. The van der Waals surface area contributed by atoms with Crippen LogP contribution in [0.25, 0.3) is 0 Å². The van der Waals surface area contributed by atoms with E-state index < -0.39 is 0 Å². The third-order valence-electron chi connectivity index (χ3n) is 1.66. The molecule has 0 spiro atoms. The smallest absolute Gasteiger partial charge is 0.0909 e. The Bertz CT molecular complexity index is 305. The first-order valence-corrected chi connectivity index (χ1v) is 5.18. The van der Waals surface area contributed by atoms with Crippen molar-refractivity contribution in [3.05, 3.63) is 23.7 Å². The number of aliphatic hydroxyl groups excluding tert-OH is 2. The molecule has 0 rings (SSSR count). The molecular formula is C12H23CuN2O3+. The summed E-state index contributed by atoms with van der Waals surface area (Å²) in [5, 5.41) is 18.0. The summed E-state index contributed by atoms with van der Waals surface area (Å²) in [6, 6.07) is 0. The quantitative estimate of drug-likeness (QED) is 0.267. The topological polar surface area (TPSA) is 98.2 Å². The predicted molar refractivity (Wildman–Crippen MR) is 73.6 cm³/mol. The summed E-state index contributed by atoms with van der Waals surface area (Å²) in [6.45, 7) is 8.02. The van der Waals surface area contributed by atoms with Crippen LogP contribution in [-0.2, 0) is 22.5 Å². The Morgan fingerprint density at radius 3 is 1.33 bits per heavy atom. The summed E-state index contributed by atoms with van der Waals surface area (Å²) in [5.74, 6) is 0.500. The standard InChI is InChI=1S/C12H20N2O2.Cu.H2O/c1-9(7-11(3)15)13-5-6-14-10(2)8-12(4)16;;/h7-8,15-16H,5-6H2,1-4H3;;1H2/p+1. The van der Waals surface area contributed by atoms with Crippen LogP contribution in [0.5, 0.6) is 0 Å². The van der Waals surface area contributed by atoms with Crippen molar-refractivity contribution in [2.45, 2.75) is 27.7 Å². The van der Waals surface area contributed by atoms with Gasteiger partial charge in [0.2, 0.25) is 0 Å². The largest absolute Gasteiger partial charge is 0.513 e. The summed E-state index contributed by atoms with van der Waals surface area (Å²) in [7, 11) is 0. The number of nitrogens with zero attached hydrogens (tertiary/aromatic N) is 2. The van der Waals surface area contributed by atoms with Crippen LogP contribution in [-0.4, -0.2) is 34.7 Å². The molecule has 0 aromatic carbocycles. The van der Waals surface area contributed by atoms with Crippen molar-refractivity contribution in [3.8, 4) is 0 Å². The zero-order valence-corrected chi connectivity index (χ0v) is 12.2. The van der Waals surface area contributed by atoms with Gasteiger partial charge in [0.15, 0.2) is 0 Å². The Hall–Kier alpha value is -1.10. The molecule has 0 unspecified atom stereocenters. The molecule has 0 aliphatic heterocycles. The van der Waals surface area contributed by atoms with Gasteiger partial charge in [-0.25, -0.2) is 0 Å². The van der Waals surface area contributed by atoms with E-state index >= 15 is 0 Å². The van der Waals surface area contributed by atoms with Crippen molar-refractivity contribution in [2.75, 3.05) is 13.1 Å². The molecule has 0 atom stereocenters. The van der Waals surface area contributed by atoms with Crippen LogP contribution in [0.3, 0.4) is 0 Å². The average Bonchev–Trinajstić information content (AvgIpc) is 2.10. The fraction of sp³-hybridized carbons (Fsp3) is 0.500. The number of hydrogen-bond donors (Lipinski definition) is 2. The molecule has 0 aromatic heterocycles. The van der Waals surface area contributed by atoms with E-state index in [1.54, 1.807) is 26.0 Å². The number of hydrogen-bond acceptors (Lipinski definition) is 4. The van der Waals surface area contributed by atoms with Gasteiger partial charge in [-0.15, -0.1) is 0 Å². The predicted octanol–water partition coefficient (Wildman–Crippen LogP) is 1.91. The van der Waals surface area contributed by atoms with Crippen molar-refractivity contribution in [1.29, 1.82) is 0 Å². The Kier molecular flexibility index (Phi) is 15.2. The Labute approximate surface area is 119 Å². The van der Waals surface area contributed by atoms with Crippen molar-refractivity contribution in [1.82, 2.24) is 0 Å². The van der Waals surface area contributed by atoms with Crippen molar-refractivity contribution in [3.63, 3.8) is 0 Å². The van der Waals surface area contributed by atoms with Gasteiger partial charge < -0.3 is 15.7 Å². The van der Waals surface area contributed by atoms with Crippen molar-refractivity contribution < 1.29 is 32.8 Å². The van der Waals surface area contributed by atoms with Crippen LogP contribution in [0.1, 0.15) is 27.7 Å². The maximum Gasteiger partial charge on any atom is 0.0909 e. The number of aliphatic imine (C=N–C) groups is 2. The molecule has 5 N–H and O–H groups in total. The molecule has 6 heteroatoms. The van der Waals surface area contributed by atoms with Gasteiger partial charge in [0.25, 0.3) is 0 Å². The van der Waals surface area contributed by atoms with Gasteiger partial charge in [0.1, 0.15) is 0 Å². The zero-order chi connectivity index (χ0) is 12.6. The Balaban J connectivity index is -0.00000112. The van der Waals surface area contributed by atoms with E-state index in [2.05, 4.69) is 9.98 Å². The third-order valence-corrected chi connectivity index (χ3v) is 1.66. The number of aliphatic hydroxyl groups is 2. The molecule has 0 saturated carbocycles. The minimum absolute atomic E-state index is 0. The van der Waals surface area contributed by atoms with E-state index in [0.717, 1.165) is 11.4 Å². The van der Waals surface area contributed by atoms with E-state index in [-0.39, 0.29) is 34.1 Å². The maximum absolute atomic E-state index is 8.98. The number of allylic oxidation sites excluding steroid dienone is 4. The van der Waals surface area contributed by atoms with Crippen LogP contribution in [0.15, 0.2) is 33.7 Å². The second-order valence-electron chi connectivity index (χ2n) is 3.62. The van der Waals surface area contributed by atoms with Gasteiger partial charge >= 0.3 is 0 Å². The Morgan fingerprint density at radius 1 is 0.833 bits per heavy atom. The van der Waals surface area contributed by atoms with E-state index in [1.165, 1.54) is 0 Å². The zero-order valence-electron chi connectivity index (χ0n) is 11.2. The molecule has 0 saturated heterocycles. The molecule has 1 radical (unpaired) electrons. The molecule has 0 fully saturated rings. The minimum atomic E-state index is 0. The van der Waals surface area contributed by atoms with Gasteiger partial charge in [-0.1, -0.05) is 0 Å². The van der Waals surface area contributed by atoms with E-state index in [4.69, 9.17) is 10.2 Å². The third kappa shape index (κ3) is 14.9. The summed E-state index contributed by atoms with van der Waals surface area (Å²) >= 11 is 0. The second-order valence-corrected chi connectivity index (χ2v) is 3.62. The average molecular weight is 307 g/mol. The fourth-order valence-electron chi connectivity index (χ4n) is 1.15. The van der Waals surface area contributed by atoms with Gasteiger partial charge in [-0.2, -0.15) is 0 Å². The van der Waals surface area contributed by atoms with E-state index in [0.29, 0.717) is 13.1 Å². The van der Waals surface area contributed by atoms with Crippen molar-refractivity contribution >= 4 is 11.4 Å². The van der Waals surface area contributed by atoms with Crippen LogP contribution >= 0.6 is 0 Å². The first kappa shape index (κ1) is 22.1. The van der Waals surface area contributed by atoms with Crippen LogP contribution in [0.2, 0.25) is 0 Å². The molecule has 5 nitrogen and oxygen atoms in total. The van der Waals surface area contributed by atoms with Crippen LogP contribution < -0.4 is 0 Å². The molecule has 0 amide bonds. The fourth-order valence-corrected chi connectivity index (χ4v) is 1.15. The van der Waals surface area contributed by atoms with Gasteiger partial charge in [-0.3, -0.25) is 9.98 Å².